The van der Waals surface area contributed by atoms with Gasteiger partial charge in [-0.1, -0.05) is 71.4 Å². The summed E-state index contributed by atoms with van der Waals surface area (Å²) >= 11 is 1.54. The highest BCUT2D eigenvalue weighted by Crippen LogP contribution is 2.30. The summed E-state index contributed by atoms with van der Waals surface area (Å²) in [5.74, 6) is -1.62. The van der Waals surface area contributed by atoms with Crippen LogP contribution in [0.2, 0.25) is 0 Å². The van der Waals surface area contributed by atoms with E-state index in [1.807, 2.05) is 44.4 Å². The summed E-state index contributed by atoms with van der Waals surface area (Å²) < 4.78 is 27.6. The van der Waals surface area contributed by atoms with Crippen LogP contribution in [0.5, 0.6) is 0 Å². The number of aromatic nitrogens is 1. The number of hydrogen-bond donors (Lipinski definition) is 3. The largest absolute Gasteiger partial charge is 0.379 e. The molecule has 0 radical (unpaired) electrons. The maximum Gasteiger partial charge on any atom is 0.259 e. The first-order chi connectivity index (χ1) is 25.3. The van der Waals surface area contributed by atoms with Crippen molar-refractivity contribution in [1.29, 1.82) is 0 Å². The molecule has 3 heterocycles. The molecule has 1 aromatic carbocycles. The molecule has 0 saturated carbocycles. The van der Waals surface area contributed by atoms with E-state index in [1.165, 1.54) is 11.3 Å². The molecular formula is C40H63FN6O5S. The Morgan fingerprint density at radius 3 is 2.45 bits per heavy atom. The van der Waals surface area contributed by atoms with Crippen molar-refractivity contribution in [2.24, 2.45) is 17.8 Å². The molecule has 11 nitrogen and oxygen atoms in total. The lowest BCUT2D eigenvalue weighted by molar-refractivity contribution is -0.145. The molecule has 13 heteroatoms. The number of amides is 3. The van der Waals surface area contributed by atoms with E-state index in [4.69, 9.17) is 9.47 Å². The molecule has 2 aromatic rings. The van der Waals surface area contributed by atoms with Crippen molar-refractivity contribution in [3.8, 4) is 0 Å². The van der Waals surface area contributed by atoms with E-state index < -0.39 is 23.5 Å². The number of rotatable bonds is 20. The highest BCUT2D eigenvalue weighted by molar-refractivity contribution is 7.09. The van der Waals surface area contributed by atoms with Crippen molar-refractivity contribution in [2.75, 3.05) is 47.4 Å². The van der Waals surface area contributed by atoms with E-state index in [0.717, 1.165) is 36.4 Å². The molecule has 2 saturated heterocycles. The van der Waals surface area contributed by atoms with Gasteiger partial charge in [-0.15, -0.1) is 11.3 Å². The molecule has 9 atom stereocenters. The van der Waals surface area contributed by atoms with Gasteiger partial charge in [-0.05, 0) is 56.2 Å². The molecular weight excluding hydrogens is 696 g/mol. The minimum Gasteiger partial charge on any atom is -0.379 e. The van der Waals surface area contributed by atoms with E-state index in [2.05, 4.69) is 51.8 Å². The summed E-state index contributed by atoms with van der Waals surface area (Å²) in [7, 11) is 5.13. The average molecular weight is 759 g/mol. The number of carbonyl (C=O) groups excluding carboxylic acids is 3. The van der Waals surface area contributed by atoms with Crippen molar-refractivity contribution in [2.45, 2.75) is 115 Å². The van der Waals surface area contributed by atoms with Crippen molar-refractivity contribution in [3.05, 3.63) is 52.5 Å². The molecule has 4 rings (SSSR count). The lowest BCUT2D eigenvalue weighted by atomic mass is 9.89. The zero-order valence-electron chi connectivity index (χ0n) is 33.0. The third-order valence-corrected chi connectivity index (χ3v) is 12.3. The van der Waals surface area contributed by atoms with Crippen LogP contribution in [0.25, 0.3) is 0 Å². The normalized spacial score (nSPS) is 23.2. The number of methoxy groups -OCH3 is 2. The molecule has 2 aliphatic heterocycles. The lowest BCUT2D eigenvalue weighted by Gasteiger charge is -2.41. The molecule has 0 aliphatic carbocycles. The first-order valence-corrected chi connectivity index (χ1v) is 20.2. The van der Waals surface area contributed by atoms with Crippen LogP contribution >= 0.6 is 11.3 Å². The Balaban J connectivity index is 1.44. The second-order valence-corrected chi connectivity index (χ2v) is 16.3. The van der Waals surface area contributed by atoms with E-state index in [-0.39, 0.29) is 66.9 Å². The van der Waals surface area contributed by atoms with Crippen LogP contribution in [0.4, 0.5) is 4.39 Å². The van der Waals surface area contributed by atoms with E-state index in [9.17, 15) is 14.4 Å². The molecule has 2 fully saturated rings. The lowest BCUT2D eigenvalue weighted by Crippen LogP contribution is -2.59. The summed E-state index contributed by atoms with van der Waals surface area (Å²) in [6.45, 7) is 11.8. The number of benzene rings is 1. The van der Waals surface area contributed by atoms with Crippen LogP contribution in [-0.4, -0.2) is 116 Å². The minimum atomic E-state index is -2.02. The molecule has 9 unspecified atom stereocenters. The Morgan fingerprint density at radius 1 is 1.13 bits per heavy atom. The van der Waals surface area contributed by atoms with Crippen LogP contribution in [0.3, 0.4) is 0 Å². The van der Waals surface area contributed by atoms with Crippen LogP contribution < -0.4 is 16.0 Å². The van der Waals surface area contributed by atoms with Gasteiger partial charge in [0.25, 0.3) is 5.91 Å². The second kappa shape index (κ2) is 20.1. The number of halogens is 1. The number of nitrogens with one attached hydrogen (secondary N) is 3. The van der Waals surface area contributed by atoms with Gasteiger partial charge >= 0.3 is 0 Å². The first kappa shape index (κ1) is 42.8. The molecule has 0 spiro atoms. The Labute approximate surface area is 320 Å². The molecule has 1 aromatic heterocycles. The highest BCUT2D eigenvalue weighted by Gasteiger charge is 2.45. The summed E-state index contributed by atoms with van der Waals surface area (Å²) in [6.07, 6.45) is 5.23. The molecule has 53 heavy (non-hydrogen) atoms. The standard InChI is InChI=1S/C40H63FN6O5S/c1-9-27(4)34(46(6)38(49)33(26(2)3)45-39(50)40(41)18-19-42-25-40)32(51-7)17-22-47-21-13-16-31(47)35(52-8)28(5)36(48)44-30(37-43-20-23-53-37)24-29-14-11-10-12-15-29/h10-12,14-15,20,23,26-28,30-35,42H,9,13,16-19,21-22,24-25H2,1-8H3,(H,44,48)(H,45,50). The maximum atomic E-state index is 15.3. The minimum absolute atomic E-state index is 0.0331. The molecule has 3 N–H and O–H groups in total. The Kier molecular flexibility index (Phi) is 16.2. The Morgan fingerprint density at radius 2 is 1.87 bits per heavy atom. The zero-order valence-corrected chi connectivity index (χ0v) is 33.8. The monoisotopic (exact) mass is 758 g/mol. The number of thiazole rings is 1. The van der Waals surface area contributed by atoms with E-state index in [1.54, 1.807) is 32.4 Å². The van der Waals surface area contributed by atoms with Gasteiger partial charge in [0.05, 0.1) is 30.2 Å². The molecule has 0 bridgehead atoms. The second-order valence-electron chi connectivity index (χ2n) is 15.3. The van der Waals surface area contributed by atoms with Crippen molar-refractivity contribution in [3.63, 3.8) is 0 Å². The maximum absolute atomic E-state index is 15.3. The van der Waals surface area contributed by atoms with Gasteiger partial charge in [-0.3, -0.25) is 19.3 Å². The van der Waals surface area contributed by atoms with Gasteiger partial charge < -0.3 is 30.3 Å². The van der Waals surface area contributed by atoms with Gasteiger partial charge in [-0.2, -0.15) is 0 Å². The quantitative estimate of drug-likeness (QED) is 0.176. The topological polar surface area (TPSA) is 125 Å². The van der Waals surface area contributed by atoms with Crippen molar-refractivity contribution >= 4 is 29.1 Å². The number of ether oxygens (including phenoxy) is 2. The van der Waals surface area contributed by atoms with E-state index in [0.29, 0.717) is 25.9 Å². The fourth-order valence-corrected chi connectivity index (χ4v) is 8.76. The van der Waals surface area contributed by atoms with Crippen molar-refractivity contribution < 1.29 is 28.2 Å². The summed E-state index contributed by atoms with van der Waals surface area (Å²) in [5.41, 5.74) is -0.895. The van der Waals surface area contributed by atoms with Crippen LogP contribution in [0, 0.1) is 17.8 Å². The van der Waals surface area contributed by atoms with Gasteiger partial charge in [0.1, 0.15) is 11.0 Å². The fourth-order valence-electron chi connectivity index (χ4n) is 8.07. The smallest absolute Gasteiger partial charge is 0.259 e. The Bertz CT molecular complexity index is 1430. The number of alkyl halides is 1. The first-order valence-electron chi connectivity index (χ1n) is 19.4. The van der Waals surface area contributed by atoms with Gasteiger partial charge in [0.15, 0.2) is 0 Å². The fraction of sp³-hybridized carbons (Fsp3) is 0.700. The predicted molar refractivity (Wildman–Crippen MR) is 207 cm³/mol. The SMILES string of the molecule is CCC(C)C(C(CCN1CCCC1C(OC)C(C)C(=O)NC(Cc1ccccc1)c1nccs1)OC)N(C)C(=O)C(NC(=O)C1(F)CCNC1)C(C)C. The third kappa shape index (κ3) is 10.8. The van der Waals surface area contributed by atoms with Gasteiger partial charge in [0.2, 0.25) is 17.5 Å². The molecule has 2 aliphatic rings. The third-order valence-electron chi connectivity index (χ3n) is 11.5. The zero-order chi connectivity index (χ0) is 38.7. The predicted octanol–water partition coefficient (Wildman–Crippen LogP) is 4.78. The Hall–Kier alpha value is -2.97. The number of nitrogens with zero attached hydrogens (tertiary/aromatic N) is 3. The van der Waals surface area contributed by atoms with E-state index >= 15 is 4.39 Å². The highest BCUT2D eigenvalue weighted by atomic mass is 32.1. The number of carbonyl (C=O) groups is 3. The summed E-state index contributed by atoms with van der Waals surface area (Å²) in [6, 6.07) is 8.76. The van der Waals surface area contributed by atoms with Crippen molar-refractivity contribution in [1.82, 2.24) is 30.7 Å². The van der Waals surface area contributed by atoms with Crippen LogP contribution in [0.15, 0.2) is 41.9 Å². The number of likely N-dealkylation sites (tertiary alicyclic amines) is 1. The number of likely N-dealkylation sites (N-methyl/N-ethyl adjacent to an activating group) is 1. The van der Waals surface area contributed by atoms with Gasteiger partial charge in [0, 0.05) is 58.4 Å². The molecule has 296 valence electrons. The van der Waals surface area contributed by atoms with Gasteiger partial charge in [-0.25, -0.2) is 9.37 Å². The molecule has 3 amide bonds. The van der Waals surface area contributed by atoms with Crippen LogP contribution in [-0.2, 0) is 30.3 Å². The summed E-state index contributed by atoms with van der Waals surface area (Å²) in [5, 5.41) is 11.8. The average Bonchev–Trinajstić information content (AvgIpc) is 3.95. The summed E-state index contributed by atoms with van der Waals surface area (Å²) in [4.78, 5) is 49.6. The number of hydrogen-bond acceptors (Lipinski definition) is 9. The van der Waals surface area contributed by atoms with Crippen LogP contribution in [0.1, 0.15) is 83.3 Å².